The van der Waals surface area contributed by atoms with Gasteiger partial charge in [-0.25, -0.2) is 0 Å². The van der Waals surface area contributed by atoms with Crippen molar-refractivity contribution in [1.29, 1.82) is 0 Å². The third-order valence-electron chi connectivity index (χ3n) is 3.80. The van der Waals surface area contributed by atoms with Gasteiger partial charge in [0.25, 0.3) is 0 Å². The fourth-order valence-electron chi connectivity index (χ4n) is 2.76. The lowest BCUT2D eigenvalue weighted by molar-refractivity contribution is 0.326. The first-order valence-electron chi connectivity index (χ1n) is 6.60. The topological polar surface area (TPSA) is 18.5 Å². The third kappa shape index (κ3) is 2.87. The first kappa shape index (κ1) is 13.0. The molecule has 18 heavy (non-hydrogen) atoms. The van der Waals surface area contributed by atoms with E-state index in [4.69, 9.17) is 9.47 Å². The van der Waals surface area contributed by atoms with Gasteiger partial charge in [0, 0.05) is 0 Å². The normalized spacial score (nSPS) is 19.5. The second-order valence-electron chi connectivity index (χ2n) is 5.02. The van der Waals surface area contributed by atoms with Crippen LogP contribution in [-0.2, 0) is 4.74 Å². The predicted molar refractivity (Wildman–Crippen MR) is 74.0 cm³/mol. The fourth-order valence-corrected chi connectivity index (χ4v) is 2.76. The van der Waals surface area contributed by atoms with Crippen LogP contribution in [0, 0.1) is 6.92 Å². The smallest absolute Gasteiger partial charge is 0.121 e. The highest BCUT2D eigenvalue weighted by molar-refractivity contribution is 5.38. The van der Waals surface area contributed by atoms with Gasteiger partial charge >= 0.3 is 0 Å². The second kappa shape index (κ2) is 5.94. The molecule has 0 radical (unpaired) electrons. The van der Waals surface area contributed by atoms with Crippen molar-refractivity contribution in [3.63, 3.8) is 0 Å². The number of ether oxygens (including phenoxy) is 2. The number of allylic oxidation sites excluding steroid dienone is 1. The van der Waals surface area contributed by atoms with Crippen LogP contribution in [0.15, 0.2) is 30.0 Å². The van der Waals surface area contributed by atoms with Crippen LogP contribution in [0.2, 0.25) is 0 Å². The molecule has 1 aromatic rings. The summed E-state index contributed by atoms with van der Waals surface area (Å²) in [6, 6.07) is 6.57. The lowest BCUT2D eigenvalue weighted by Gasteiger charge is -2.24. The van der Waals surface area contributed by atoms with Crippen molar-refractivity contribution >= 4 is 0 Å². The SMILES string of the molecule is COC=C1CCC(c2ccc(OC)c(C)c2)CC1. The Bertz CT molecular complexity index is 425. The molecule has 0 N–H and O–H groups in total. The first-order chi connectivity index (χ1) is 8.74. The maximum absolute atomic E-state index is 5.31. The number of hydrogen-bond donors (Lipinski definition) is 0. The van der Waals surface area contributed by atoms with Crippen molar-refractivity contribution in [3.8, 4) is 5.75 Å². The van der Waals surface area contributed by atoms with E-state index < -0.39 is 0 Å². The minimum absolute atomic E-state index is 0.684. The van der Waals surface area contributed by atoms with Gasteiger partial charge in [-0.2, -0.15) is 0 Å². The van der Waals surface area contributed by atoms with Crippen molar-refractivity contribution in [1.82, 2.24) is 0 Å². The van der Waals surface area contributed by atoms with E-state index in [-0.39, 0.29) is 0 Å². The van der Waals surface area contributed by atoms with Crippen molar-refractivity contribution in [2.75, 3.05) is 14.2 Å². The number of benzene rings is 1. The van der Waals surface area contributed by atoms with Gasteiger partial charge in [-0.3, -0.25) is 0 Å². The van der Waals surface area contributed by atoms with Crippen LogP contribution in [0.5, 0.6) is 5.75 Å². The monoisotopic (exact) mass is 246 g/mol. The number of aryl methyl sites for hydroxylation is 1. The van der Waals surface area contributed by atoms with Crippen LogP contribution >= 0.6 is 0 Å². The van der Waals surface area contributed by atoms with Gasteiger partial charge in [0.1, 0.15) is 5.75 Å². The molecule has 1 aliphatic carbocycles. The Balaban J connectivity index is 2.05. The van der Waals surface area contributed by atoms with Gasteiger partial charge in [-0.1, -0.05) is 12.1 Å². The average Bonchev–Trinajstić information content (AvgIpc) is 2.40. The Hall–Kier alpha value is -1.44. The van der Waals surface area contributed by atoms with Gasteiger partial charge in [0.15, 0.2) is 0 Å². The molecule has 0 aliphatic heterocycles. The summed E-state index contributed by atoms with van der Waals surface area (Å²) >= 11 is 0. The molecular weight excluding hydrogens is 224 g/mol. The molecule has 0 heterocycles. The van der Waals surface area contributed by atoms with Crippen molar-refractivity contribution < 1.29 is 9.47 Å². The minimum Gasteiger partial charge on any atom is -0.504 e. The van der Waals surface area contributed by atoms with Crippen molar-refractivity contribution in [2.24, 2.45) is 0 Å². The summed E-state index contributed by atoms with van der Waals surface area (Å²) in [5.74, 6) is 1.66. The highest BCUT2D eigenvalue weighted by Gasteiger charge is 2.19. The Kier molecular flexibility index (Phi) is 4.29. The Morgan fingerprint density at radius 2 is 1.89 bits per heavy atom. The maximum atomic E-state index is 5.31. The van der Waals surface area contributed by atoms with E-state index >= 15 is 0 Å². The standard InChI is InChI=1S/C16H22O2/c1-12-10-15(8-9-16(12)18-3)14-6-4-13(5-7-14)11-17-2/h8-11,14H,4-7H2,1-3H3. The molecule has 2 rings (SSSR count). The number of rotatable bonds is 3. The van der Waals surface area contributed by atoms with E-state index in [1.165, 1.54) is 29.5 Å². The third-order valence-corrected chi connectivity index (χ3v) is 3.80. The molecule has 1 aliphatic rings. The second-order valence-corrected chi connectivity index (χ2v) is 5.02. The van der Waals surface area contributed by atoms with E-state index in [2.05, 4.69) is 25.1 Å². The van der Waals surface area contributed by atoms with E-state index in [9.17, 15) is 0 Å². The summed E-state index contributed by atoms with van der Waals surface area (Å²) < 4.78 is 10.4. The summed E-state index contributed by atoms with van der Waals surface area (Å²) in [5, 5.41) is 0. The Morgan fingerprint density at radius 3 is 2.44 bits per heavy atom. The summed E-state index contributed by atoms with van der Waals surface area (Å²) in [7, 11) is 3.45. The maximum Gasteiger partial charge on any atom is 0.121 e. The van der Waals surface area contributed by atoms with E-state index in [0.29, 0.717) is 5.92 Å². The van der Waals surface area contributed by atoms with Gasteiger partial charge in [-0.15, -0.1) is 0 Å². The molecule has 1 fully saturated rings. The Labute approximate surface area is 110 Å². The highest BCUT2D eigenvalue weighted by Crippen LogP contribution is 2.36. The van der Waals surface area contributed by atoms with Gasteiger partial charge in [-0.05, 0) is 61.3 Å². The Morgan fingerprint density at radius 1 is 1.17 bits per heavy atom. The molecule has 98 valence electrons. The summed E-state index contributed by atoms with van der Waals surface area (Å²) in [4.78, 5) is 0. The average molecular weight is 246 g/mol. The summed E-state index contributed by atoms with van der Waals surface area (Å²) in [5.41, 5.74) is 4.12. The summed E-state index contributed by atoms with van der Waals surface area (Å²) in [6.07, 6.45) is 6.67. The fraction of sp³-hybridized carbons (Fsp3) is 0.500. The first-order valence-corrected chi connectivity index (χ1v) is 6.60. The quantitative estimate of drug-likeness (QED) is 0.744. The highest BCUT2D eigenvalue weighted by atomic mass is 16.5. The molecule has 1 aromatic carbocycles. The number of methoxy groups -OCH3 is 2. The molecule has 0 amide bonds. The van der Waals surface area contributed by atoms with Gasteiger partial charge in [0.05, 0.1) is 20.5 Å². The van der Waals surface area contributed by atoms with Crippen LogP contribution in [0.1, 0.15) is 42.7 Å². The molecule has 0 aromatic heterocycles. The molecule has 2 nitrogen and oxygen atoms in total. The molecule has 1 saturated carbocycles. The van der Waals surface area contributed by atoms with E-state index in [0.717, 1.165) is 18.6 Å². The van der Waals surface area contributed by atoms with Crippen molar-refractivity contribution in [3.05, 3.63) is 41.2 Å². The molecule has 0 bridgehead atoms. The van der Waals surface area contributed by atoms with Gasteiger partial charge < -0.3 is 9.47 Å². The van der Waals surface area contributed by atoms with Crippen LogP contribution in [0.25, 0.3) is 0 Å². The molecular formula is C16H22O2. The van der Waals surface area contributed by atoms with E-state index in [1.54, 1.807) is 14.2 Å². The van der Waals surface area contributed by atoms with Gasteiger partial charge in [0.2, 0.25) is 0 Å². The molecule has 0 saturated heterocycles. The zero-order valence-corrected chi connectivity index (χ0v) is 11.5. The van der Waals surface area contributed by atoms with Crippen LogP contribution in [0.3, 0.4) is 0 Å². The lowest BCUT2D eigenvalue weighted by Crippen LogP contribution is -2.07. The molecule has 2 heteroatoms. The zero-order chi connectivity index (χ0) is 13.0. The van der Waals surface area contributed by atoms with Crippen molar-refractivity contribution in [2.45, 2.75) is 38.5 Å². The predicted octanol–water partition coefficient (Wildman–Crippen LogP) is 4.19. The van der Waals surface area contributed by atoms with Crippen LogP contribution < -0.4 is 4.74 Å². The van der Waals surface area contributed by atoms with E-state index in [1.807, 2.05) is 6.26 Å². The van der Waals surface area contributed by atoms with Crippen LogP contribution in [0.4, 0.5) is 0 Å². The molecule has 0 spiro atoms. The lowest BCUT2D eigenvalue weighted by atomic mass is 9.81. The number of hydrogen-bond acceptors (Lipinski definition) is 2. The molecule has 0 unspecified atom stereocenters. The molecule has 0 atom stereocenters. The largest absolute Gasteiger partial charge is 0.504 e. The summed E-state index contributed by atoms with van der Waals surface area (Å²) in [6.45, 7) is 2.11. The van der Waals surface area contributed by atoms with Crippen LogP contribution in [-0.4, -0.2) is 14.2 Å². The minimum atomic E-state index is 0.684. The zero-order valence-electron chi connectivity index (χ0n) is 11.5.